The summed E-state index contributed by atoms with van der Waals surface area (Å²) in [4.78, 5) is 28.6. The van der Waals surface area contributed by atoms with Crippen LogP contribution in [0.25, 0.3) is 33.6 Å². The minimum Gasteiger partial charge on any atom is -0.481 e. The Kier molecular flexibility index (Phi) is 5.91. The highest BCUT2D eigenvalue weighted by Gasteiger charge is 2.51. The van der Waals surface area contributed by atoms with Crippen LogP contribution in [0.15, 0.2) is 82.1 Å². The molecule has 1 saturated carbocycles. The van der Waals surface area contributed by atoms with Gasteiger partial charge in [0.25, 0.3) is 0 Å². The lowest BCUT2D eigenvalue weighted by molar-refractivity contribution is -0.140. The molecular weight excluding hydrogens is 498 g/mol. The Morgan fingerprint density at radius 1 is 1.00 bits per heavy atom. The molecule has 0 saturated heterocycles. The van der Waals surface area contributed by atoms with Crippen molar-refractivity contribution in [3.63, 3.8) is 0 Å². The Bertz CT molecular complexity index is 1680. The van der Waals surface area contributed by atoms with Crippen molar-refractivity contribution in [2.24, 2.45) is 0 Å². The highest BCUT2D eigenvalue weighted by atomic mass is 16.6. The third-order valence-corrected chi connectivity index (χ3v) is 7.28. The molecule has 0 aliphatic heterocycles. The SMILES string of the molecule is Cc1noc(-c2ccc(-c3ccc(C4(C(=O)O)CC4)cc3)cc2)c1NC(=O)O[C@H](C)c1cccc2ncoc12. The van der Waals surface area contributed by atoms with Crippen molar-refractivity contribution in [2.75, 3.05) is 5.32 Å². The molecule has 0 bridgehead atoms. The summed E-state index contributed by atoms with van der Waals surface area (Å²) in [7, 11) is 0. The van der Waals surface area contributed by atoms with Gasteiger partial charge in [-0.15, -0.1) is 0 Å². The number of carboxylic acids is 1. The number of amides is 1. The number of benzene rings is 3. The van der Waals surface area contributed by atoms with Gasteiger partial charge in [0.2, 0.25) is 0 Å². The van der Waals surface area contributed by atoms with Crippen LogP contribution in [0.3, 0.4) is 0 Å². The number of anilines is 1. The lowest BCUT2D eigenvalue weighted by Gasteiger charge is -2.14. The topological polar surface area (TPSA) is 128 Å². The predicted octanol–water partition coefficient (Wildman–Crippen LogP) is 6.88. The molecule has 9 heteroatoms. The lowest BCUT2D eigenvalue weighted by atomic mass is 9.93. The van der Waals surface area contributed by atoms with Gasteiger partial charge in [0.1, 0.15) is 23.0 Å². The summed E-state index contributed by atoms with van der Waals surface area (Å²) in [5.41, 5.74) is 5.68. The normalized spacial score (nSPS) is 14.6. The van der Waals surface area contributed by atoms with Gasteiger partial charge < -0.3 is 18.8 Å². The summed E-state index contributed by atoms with van der Waals surface area (Å²) >= 11 is 0. The zero-order valence-electron chi connectivity index (χ0n) is 21.3. The number of oxazole rings is 1. The van der Waals surface area contributed by atoms with Crippen LogP contribution < -0.4 is 5.32 Å². The molecule has 0 spiro atoms. The van der Waals surface area contributed by atoms with Gasteiger partial charge in [0, 0.05) is 11.1 Å². The summed E-state index contributed by atoms with van der Waals surface area (Å²) in [5.74, 6) is -0.356. The van der Waals surface area contributed by atoms with E-state index in [0.29, 0.717) is 46.6 Å². The van der Waals surface area contributed by atoms with Gasteiger partial charge in [-0.3, -0.25) is 10.1 Å². The number of fused-ring (bicyclic) bond motifs is 1. The van der Waals surface area contributed by atoms with Gasteiger partial charge in [0.15, 0.2) is 17.7 Å². The summed E-state index contributed by atoms with van der Waals surface area (Å²) < 4.78 is 16.6. The van der Waals surface area contributed by atoms with Crippen molar-refractivity contribution in [3.8, 4) is 22.5 Å². The highest BCUT2D eigenvalue weighted by molar-refractivity contribution is 5.91. The maximum Gasteiger partial charge on any atom is 0.412 e. The molecule has 5 aromatic rings. The maximum absolute atomic E-state index is 12.8. The summed E-state index contributed by atoms with van der Waals surface area (Å²) in [6.07, 6.45) is 1.47. The zero-order chi connectivity index (χ0) is 27.1. The molecular formula is C30H25N3O6. The average molecular weight is 524 g/mol. The van der Waals surface area contributed by atoms with E-state index in [1.165, 1.54) is 6.39 Å². The highest BCUT2D eigenvalue weighted by Crippen LogP contribution is 2.48. The number of aryl methyl sites for hydroxylation is 1. The third-order valence-electron chi connectivity index (χ3n) is 7.28. The smallest absolute Gasteiger partial charge is 0.412 e. The number of nitrogens with zero attached hydrogens (tertiary/aromatic N) is 2. The molecule has 3 aromatic carbocycles. The van der Waals surface area contributed by atoms with Crippen molar-refractivity contribution < 1.29 is 28.4 Å². The first kappa shape index (κ1) is 24.4. The summed E-state index contributed by atoms with van der Waals surface area (Å²) in [5, 5.41) is 16.3. The summed E-state index contributed by atoms with van der Waals surface area (Å²) in [6, 6.07) is 20.8. The van der Waals surface area contributed by atoms with Crippen molar-refractivity contribution in [3.05, 3.63) is 89.9 Å². The Balaban J connectivity index is 1.17. The van der Waals surface area contributed by atoms with E-state index in [1.807, 2.05) is 66.7 Å². The molecule has 1 aliphatic carbocycles. The Labute approximate surface area is 223 Å². The van der Waals surface area contributed by atoms with E-state index in [4.69, 9.17) is 13.7 Å². The van der Waals surface area contributed by atoms with E-state index in [0.717, 1.165) is 22.3 Å². The first-order chi connectivity index (χ1) is 18.9. The van der Waals surface area contributed by atoms with Crippen molar-refractivity contribution >= 4 is 28.8 Å². The first-order valence-corrected chi connectivity index (χ1v) is 12.6. The van der Waals surface area contributed by atoms with Crippen LogP contribution in [0.4, 0.5) is 10.5 Å². The Hall–Kier alpha value is -4.92. The quantitative estimate of drug-likeness (QED) is 0.236. The number of aliphatic carboxylic acids is 1. The Morgan fingerprint density at radius 2 is 1.67 bits per heavy atom. The van der Waals surface area contributed by atoms with Gasteiger partial charge in [-0.05, 0) is 49.4 Å². The van der Waals surface area contributed by atoms with Crippen LogP contribution in [0.1, 0.15) is 42.7 Å². The van der Waals surface area contributed by atoms with E-state index >= 15 is 0 Å². The third kappa shape index (κ3) is 4.41. The molecule has 1 atom stereocenters. The molecule has 1 amide bonds. The molecule has 6 rings (SSSR count). The monoisotopic (exact) mass is 523 g/mol. The molecule has 0 radical (unpaired) electrons. The standard InChI is InChI=1S/C30H25N3O6/c1-17-25(32-29(36)38-18(2)23-4-3-5-24-27(23)37-16-31-24)26(39-33-17)21-8-6-19(7-9-21)20-10-12-22(13-11-20)30(14-15-30)28(34)35/h3-13,16,18H,14-15H2,1-2H3,(H,32,36)(H,34,35)/t18-/m1/s1. The number of nitrogens with one attached hydrogen (secondary N) is 1. The predicted molar refractivity (Wildman–Crippen MR) is 143 cm³/mol. The van der Waals surface area contributed by atoms with Gasteiger partial charge in [-0.25, -0.2) is 9.78 Å². The number of carbonyl (C=O) groups is 2. The fraction of sp³-hybridized carbons (Fsp3) is 0.200. The van der Waals surface area contributed by atoms with Gasteiger partial charge in [0.05, 0.1) is 5.41 Å². The second kappa shape index (κ2) is 9.43. The van der Waals surface area contributed by atoms with E-state index in [1.54, 1.807) is 13.8 Å². The van der Waals surface area contributed by atoms with E-state index in [2.05, 4.69) is 15.5 Å². The van der Waals surface area contributed by atoms with Gasteiger partial charge >= 0.3 is 12.1 Å². The number of carboxylic acid groups (broad SMARTS) is 1. The maximum atomic E-state index is 12.8. The van der Waals surface area contributed by atoms with Crippen LogP contribution in [0, 0.1) is 6.92 Å². The molecule has 9 nitrogen and oxygen atoms in total. The molecule has 196 valence electrons. The van der Waals surface area contributed by atoms with E-state index in [-0.39, 0.29) is 0 Å². The largest absolute Gasteiger partial charge is 0.481 e. The molecule has 2 heterocycles. The number of aromatic nitrogens is 2. The van der Waals surface area contributed by atoms with Gasteiger partial charge in [-0.2, -0.15) is 0 Å². The van der Waals surface area contributed by atoms with E-state index in [9.17, 15) is 14.7 Å². The second-order valence-electron chi connectivity index (χ2n) is 9.73. The van der Waals surface area contributed by atoms with Crippen LogP contribution in [0.2, 0.25) is 0 Å². The summed E-state index contributed by atoms with van der Waals surface area (Å²) in [6.45, 7) is 3.50. The lowest BCUT2D eigenvalue weighted by Crippen LogP contribution is -2.19. The fourth-order valence-corrected chi connectivity index (χ4v) is 4.84. The van der Waals surface area contributed by atoms with E-state index < -0.39 is 23.6 Å². The number of hydrogen-bond donors (Lipinski definition) is 2. The minimum absolute atomic E-state index is 0.411. The number of ether oxygens (including phenoxy) is 1. The zero-order valence-corrected chi connectivity index (χ0v) is 21.3. The van der Waals surface area contributed by atoms with Gasteiger partial charge in [-0.1, -0.05) is 65.8 Å². The molecule has 0 unspecified atom stereocenters. The first-order valence-electron chi connectivity index (χ1n) is 12.6. The fourth-order valence-electron chi connectivity index (χ4n) is 4.84. The second-order valence-corrected chi connectivity index (χ2v) is 9.73. The number of para-hydroxylation sites is 1. The molecule has 39 heavy (non-hydrogen) atoms. The number of rotatable bonds is 7. The minimum atomic E-state index is -0.767. The van der Waals surface area contributed by atoms with Crippen LogP contribution in [-0.2, 0) is 14.9 Å². The van der Waals surface area contributed by atoms with Crippen LogP contribution >= 0.6 is 0 Å². The van der Waals surface area contributed by atoms with Crippen molar-refractivity contribution in [1.29, 1.82) is 0 Å². The van der Waals surface area contributed by atoms with Crippen molar-refractivity contribution in [2.45, 2.75) is 38.2 Å². The van der Waals surface area contributed by atoms with Crippen LogP contribution in [-0.4, -0.2) is 27.3 Å². The molecule has 2 N–H and O–H groups in total. The van der Waals surface area contributed by atoms with Crippen molar-refractivity contribution in [1.82, 2.24) is 10.1 Å². The molecule has 1 fully saturated rings. The number of carbonyl (C=O) groups excluding carboxylic acids is 1. The molecule has 2 aromatic heterocycles. The molecule has 1 aliphatic rings. The number of hydrogen-bond acceptors (Lipinski definition) is 7. The average Bonchev–Trinajstić information content (AvgIpc) is 3.49. The van der Waals surface area contributed by atoms with Crippen LogP contribution in [0.5, 0.6) is 0 Å². The Morgan fingerprint density at radius 3 is 2.33 bits per heavy atom.